The lowest BCUT2D eigenvalue weighted by molar-refractivity contribution is -0.123. The predicted molar refractivity (Wildman–Crippen MR) is 104 cm³/mol. The molecule has 1 saturated heterocycles. The Kier molecular flexibility index (Phi) is 5.82. The molecule has 1 N–H and O–H groups in total. The van der Waals surface area contributed by atoms with E-state index in [4.69, 9.17) is 4.42 Å². The van der Waals surface area contributed by atoms with Crippen LogP contribution in [0.15, 0.2) is 47.1 Å². The average Bonchev–Trinajstić information content (AvgIpc) is 3.13. The van der Waals surface area contributed by atoms with E-state index in [9.17, 15) is 4.79 Å². The number of nitrogens with zero attached hydrogens (tertiary/aromatic N) is 1. The number of hydrogen-bond donors (Lipinski definition) is 1. The Hall–Kier alpha value is -2.07. The van der Waals surface area contributed by atoms with E-state index >= 15 is 0 Å². The summed E-state index contributed by atoms with van der Waals surface area (Å²) in [5, 5.41) is 3.29. The van der Waals surface area contributed by atoms with Crippen LogP contribution in [0.3, 0.4) is 0 Å². The lowest BCUT2D eigenvalue weighted by Crippen LogP contribution is -2.52. The molecule has 1 amide bonds. The maximum absolute atomic E-state index is 12.8. The molecule has 0 radical (unpaired) electrons. The average molecular weight is 354 g/mol. The van der Waals surface area contributed by atoms with Gasteiger partial charge in [0, 0.05) is 25.0 Å². The summed E-state index contributed by atoms with van der Waals surface area (Å²) in [7, 11) is 2.16. The van der Waals surface area contributed by atoms with Crippen LogP contribution in [0.25, 0.3) is 0 Å². The molecule has 1 aliphatic rings. The highest BCUT2D eigenvalue weighted by molar-refractivity contribution is 5.77. The summed E-state index contributed by atoms with van der Waals surface area (Å²) in [5.74, 6) is 1.35. The minimum Gasteiger partial charge on any atom is -0.469 e. The van der Waals surface area contributed by atoms with Gasteiger partial charge < -0.3 is 14.6 Å². The number of furan rings is 1. The smallest absolute Gasteiger partial charge is 0.221 e. The molecule has 1 aromatic heterocycles. The summed E-state index contributed by atoms with van der Waals surface area (Å²) in [6.07, 6.45) is 3.08. The fourth-order valence-corrected chi connectivity index (χ4v) is 3.86. The molecule has 0 unspecified atom stereocenters. The summed E-state index contributed by atoms with van der Waals surface area (Å²) in [6.45, 7) is 7.53. The van der Waals surface area contributed by atoms with Gasteiger partial charge in [0.1, 0.15) is 5.76 Å². The number of rotatable bonds is 5. The minimum absolute atomic E-state index is 0.0513. The second-order valence-corrected chi connectivity index (χ2v) is 7.86. The Morgan fingerprint density at radius 1 is 1.27 bits per heavy atom. The number of hydrogen-bond acceptors (Lipinski definition) is 3. The second-order valence-electron chi connectivity index (χ2n) is 7.86. The molecule has 0 bridgehead atoms. The van der Waals surface area contributed by atoms with Crippen molar-refractivity contribution < 1.29 is 9.21 Å². The Morgan fingerprint density at radius 3 is 2.65 bits per heavy atom. The Labute approximate surface area is 156 Å². The van der Waals surface area contributed by atoms with E-state index in [1.54, 1.807) is 6.26 Å². The van der Waals surface area contributed by atoms with E-state index < -0.39 is 0 Å². The van der Waals surface area contributed by atoms with Crippen molar-refractivity contribution in [2.24, 2.45) is 5.92 Å². The van der Waals surface area contributed by atoms with Crippen LogP contribution in [-0.2, 0) is 4.79 Å². The van der Waals surface area contributed by atoms with Crippen molar-refractivity contribution >= 4 is 5.91 Å². The second kappa shape index (κ2) is 8.09. The predicted octanol–water partition coefficient (Wildman–Crippen LogP) is 3.95. The fourth-order valence-electron chi connectivity index (χ4n) is 3.86. The third-order valence-electron chi connectivity index (χ3n) is 5.71. The molecule has 2 aromatic rings. The first-order chi connectivity index (χ1) is 12.4. The molecule has 4 nitrogen and oxygen atoms in total. The highest BCUT2D eigenvalue weighted by Crippen LogP contribution is 2.29. The Morgan fingerprint density at radius 2 is 2.00 bits per heavy atom. The zero-order chi connectivity index (χ0) is 18.7. The van der Waals surface area contributed by atoms with Gasteiger partial charge in [-0.3, -0.25) is 4.79 Å². The maximum atomic E-state index is 12.8. The molecule has 0 spiro atoms. The molecule has 4 heteroatoms. The lowest BCUT2D eigenvalue weighted by Gasteiger charge is -2.40. The standard InChI is InChI=1S/C22H30N2O2/c1-15-7-9-18(10-8-15)19(21-6-5-11-26-21)13-22(25)23-20-12-17(3)24(4)14-16(20)2/h5-11,16-17,19-20H,12-14H2,1-4H3,(H,23,25)/t16-,17-,19-,20-/m0/s1. The fraction of sp³-hybridized carbons (Fsp3) is 0.500. The van der Waals surface area contributed by atoms with Crippen molar-refractivity contribution in [3.05, 3.63) is 59.5 Å². The van der Waals surface area contributed by atoms with Gasteiger partial charge >= 0.3 is 0 Å². The van der Waals surface area contributed by atoms with E-state index in [0.29, 0.717) is 18.4 Å². The molecule has 26 heavy (non-hydrogen) atoms. The van der Waals surface area contributed by atoms with Crippen molar-refractivity contribution in [3.8, 4) is 0 Å². The first kappa shape index (κ1) is 18.7. The number of likely N-dealkylation sites (tertiary alicyclic amines) is 1. The monoisotopic (exact) mass is 354 g/mol. The number of amides is 1. The van der Waals surface area contributed by atoms with Gasteiger partial charge in [-0.25, -0.2) is 0 Å². The van der Waals surface area contributed by atoms with Crippen LogP contribution in [-0.4, -0.2) is 36.5 Å². The molecule has 140 valence electrons. The molecule has 0 aliphatic carbocycles. The van der Waals surface area contributed by atoms with Crippen molar-refractivity contribution in [3.63, 3.8) is 0 Å². The van der Waals surface area contributed by atoms with Gasteiger partial charge in [0.15, 0.2) is 0 Å². The van der Waals surface area contributed by atoms with E-state index in [1.165, 1.54) is 5.56 Å². The number of nitrogens with one attached hydrogen (secondary N) is 1. The Balaban J connectivity index is 1.71. The van der Waals surface area contributed by atoms with Gasteiger partial charge in [-0.1, -0.05) is 36.8 Å². The molecule has 3 rings (SSSR count). The molecular weight excluding hydrogens is 324 g/mol. The summed E-state index contributed by atoms with van der Waals surface area (Å²) < 4.78 is 5.64. The lowest BCUT2D eigenvalue weighted by atomic mass is 9.88. The van der Waals surface area contributed by atoms with E-state index in [2.05, 4.69) is 62.3 Å². The van der Waals surface area contributed by atoms with Crippen LogP contribution in [0.2, 0.25) is 0 Å². The quantitative estimate of drug-likeness (QED) is 0.884. The highest BCUT2D eigenvalue weighted by Gasteiger charge is 2.31. The van der Waals surface area contributed by atoms with Gasteiger partial charge in [0.2, 0.25) is 5.91 Å². The van der Waals surface area contributed by atoms with Crippen LogP contribution >= 0.6 is 0 Å². The molecule has 0 saturated carbocycles. The van der Waals surface area contributed by atoms with E-state index in [0.717, 1.165) is 24.3 Å². The van der Waals surface area contributed by atoms with E-state index in [1.807, 2.05) is 12.1 Å². The zero-order valence-corrected chi connectivity index (χ0v) is 16.2. The number of carbonyl (C=O) groups excluding carboxylic acids is 1. The minimum atomic E-state index is -0.0513. The molecule has 4 atom stereocenters. The van der Waals surface area contributed by atoms with Crippen LogP contribution in [0, 0.1) is 12.8 Å². The van der Waals surface area contributed by atoms with Crippen LogP contribution in [0.1, 0.15) is 49.5 Å². The van der Waals surface area contributed by atoms with Crippen molar-refractivity contribution in [2.45, 2.75) is 51.6 Å². The third kappa shape index (κ3) is 4.36. The van der Waals surface area contributed by atoms with E-state index in [-0.39, 0.29) is 17.9 Å². The first-order valence-electron chi connectivity index (χ1n) is 9.53. The maximum Gasteiger partial charge on any atom is 0.221 e. The molecule has 1 aromatic carbocycles. The summed E-state index contributed by atoms with van der Waals surface area (Å²) in [4.78, 5) is 15.2. The van der Waals surface area contributed by atoms with Gasteiger partial charge in [-0.15, -0.1) is 0 Å². The summed E-state index contributed by atoms with van der Waals surface area (Å²) in [5.41, 5.74) is 2.33. The Bertz CT molecular complexity index is 708. The van der Waals surface area contributed by atoms with Gasteiger partial charge in [0.05, 0.1) is 12.2 Å². The normalized spacial score (nSPS) is 25.0. The summed E-state index contributed by atoms with van der Waals surface area (Å²) in [6, 6.07) is 12.9. The van der Waals surface area contributed by atoms with Gasteiger partial charge in [0.25, 0.3) is 0 Å². The molecule has 1 aliphatic heterocycles. The topological polar surface area (TPSA) is 45.5 Å². The van der Waals surface area contributed by atoms with Gasteiger partial charge in [-0.05, 0) is 50.9 Å². The highest BCUT2D eigenvalue weighted by atomic mass is 16.3. The first-order valence-corrected chi connectivity index (χ1v) is 9.53. The number of aryl methyl sites for hydroxylation is 1. The van der Waals surface area contributed by atoms with Gasteiger partial charge in [-0.2, -0.15) is 0 Å². The number of carbonyl (C=O) groups is 1. The third-order valence-corrected chi connectivity index (χ3v) is 5.71. The SMILES string of the molecule is Cc1ccc([C@H](CC(=O)N[C@H]2C[C@H](C)N(C)C[C@@H]2C)c2ccco2)cc1. The van der Waals surface area contributed by atoms with Crippen LogP contribution in [0.5, 0.6) is 0 Å². The molecule has 1 fully saturated rings. The summed E-state index contributed by atoms with van der Waals surface area (Å²) >= 11 is 0. The van der Waals surface area contributed by atoms with Crippen molar-refractivity contribution in [2.75, 3.05) is 13.6 Å². The zero-order valence-electron chi connectivity index (χ0n) is 16.2. The largest absolute Gasteiger partial charge is 0.469 e. The van der Waals surface area contributed by atoms with Crippen LogP contribution in [0.4, 0.5) is 0 Å². The van der Waals surface area contributed by atoms with Crippen molar-refractivity contribution in [1.82, 2.24) is 10.2 Å². The number of piperidine rings is 1. The van der Waals surface area contributed by atoms with Crippen LogP contribution < -0.4 is 5.32 Å². The van der Waals surface area contributed by atoms with Crippen molar-refractivity contribution in [1.29, 1.82) is 0 Å². The number of benzene rings is 1. The molecular formula is C22H30N2O2. The molecule has 2 heterocycles.